The molecule has 1 aliphatic heterocycles. The van der Waals surface area contributed by atoms with E-state index in [1.807, 2.05) is 4.90 Å². The second-order valence-corrected chi connectivity index (χ2v) is 5.32. The second kappa shape index (κ2) is 5.36. The van der Waals surface area contributed by atoms with Crippen LogP contribution in [0.3, 0.4) is 0 Å². The zero-order valence-corrected chi connectivity index (χ0v) is 10.7. The van der Waals surface area contributed by atoms with Crippen LogP contribution >= 0.6 is 0 Å². The van der Waals surface area contributed by atoms with Gasteiger partial charge in [-0.05, 0) is 38.6 Å². The Morgan fingerprint density at radius 2 is 2.29 bits per heavy atom. The molecule has 2 N–H and O–H groups in total. The summed E-state index contributed by atoms with van der Waals surface area (Å²) in [7, 11) is 0. The van der Waals surface area contributed by atoms with E-state index in [1.165, 1.54) is 0 Å². The first-order chi connectivity index (χ1) is 8.23. The largest absolute Gasteiger partial charge is 0.395 e. The Labute approximate surface area is 103 Å². The highest BCUT2D eigenvalue weighted by molar-refractivity contribution is 5.87. The number of carbonyl (C=O) groups excluding carboxylic acids is 1. The maximum absolute atomic E-state index is 12.7. The third-order valence-corrected chi connectivity index (χ3v) is 3.92. The first-order valence-corrected chi connectivity index (χ1v) is 6.90. The van der Waals surface area contributed by atoms with E-state index in [9.17, 15) is 4.79 Å². The van der Waals surface area contributed by atoms with Crippen molar-refractivity contribution >= 4 is 5.91 Å². The van der Waals surface area contributed by atoms with Crippen LogP contribution in [0.5, 0.6) is 0 Å². The smallest absolute Gasteiger partial charge is 0.243 e. The highest BCUT2D eigenvalue weighted by Gasteiger charge is 2.45. The van der Waals surface area contributed by atoms with Gasteiger partial charge in [-0.2, -0.15) is 0 Å². The number of rotatable bonds is 6. The number of aliphatic hydroxyl groups excluding tert-OH is 1. The van der Waals surface area contributed by atoms with E-state index in [0.29, 0.717) is 12.6 Å². The summed E-state index contributed by atoms with van der Waals surface area (Å²) in [4.78, 5) is 14.6. The fraction of sp³-hybridized carbons (Fsp3) is 0.923. The fourth-order valence-corrected chi connectivity index (χ4v) is 2.95. The normalized spacial score (nSPS) is 28.4. The van der Waals surface area contributed by atoms with Gasteiger partial charge >= 0.3 is 0 Å². The quantitative estimate of drug-likeness (QED) is 0.725. The van der Waals surface area contributed by atoms with Crippen molar-refractivity contribution in [2.45, 2.75) is 57.0 Å². The molecule has 0 radical (unpaired) electrons. The predicted octanol–water partition coefficient (Wildman–Crippen LogP) is 0.892. The number of carbonyl (C=O) groups is 1. The van der Waals surface area contributed by atoms with Crippen LogP contribution in [0.25, 0.3) is 0 Å². The number of amides is 1. The fourth-order valence-electron chi connectivity index (χ4n) is 2.95. The van der Waals surface area contributed by atoms with E-state index in [2.05, 4.69) is 12.2 Å². The maximum atomic E-state index is 12.7. The molecule has 2 aliphatic rings. The molecular formula is C13H24N2O2. The van der Waals surface area contributed by atoms with Crippen LogP contribution in [0, 0.1) is 0 Å². The molecule has 0 aromatic rings. The van der Waals surface area contributed by atoms with Gasteiger partial charge in [-0.3, -0.25) is 4.79 Å². The van der Waals surface area contributed by atoms with E-state index in [4.69, 9.17) is 5.11 Å². The van der Waals surface area contributed by atoms with Gasteiger partial charge < -0.3 is 15.3 Å². The number of aliphatic hydroxyl groups is 1. The van der Waals surface area contributed by atoms with Gasteiger partial charge in [0.15, 0.2) is 0 Å². The van der Waals surface area contributed by atoms with Crippen LogP contribution < -0.4 is 5.32 Å². The topological polar surface area (TPSA) is 52.6 Å². The molecule has 0 bridgehead atoms. The van der Waals surface area contributed by atoms with Crippen LogP contribution in [0.4, 0.5) is 0 Å². The summed E-state index contributed by atoms with van der Waals surface area (Å²) in [6.45, 7) is 3.65. The van der Waals surface area contributed by atoms with Crippen LogP contribution in [-0.4, -0.2) is 47.2 Å². The molecule has 1 atom stereocenters. The SMILES string of the molecule is CCCC1(C(=O)N(CCO)C2CC2)CCCN1. The van der Waals surface area contributed by atoms with E-state index >= 15 is 0 Å². The number of nitrogens with one attached hydrogen (secondary N) is 1. The van der Waals surface area contributed by atoms with Gasteiger partial charge in [0.2, 0.25) is 5.91 Å². The van der Waals surface area contributed by atoms with Crippen LogP contribution in [-0.2, 0) is 4.79 Å². The van der Waals surface area contributed by atoms with Gasteiger partial charge in [-0.15, -0.1) is 0 Å². The summed E-state index contributed by atoms with van der Waals surface area (Å²) in [5.41, 5.74) is -0.327. The average Bonchev–Trinajstić information content (AvgIpc) is 3.06. The minimum atomic E-state index is -0.327. The van der Waals surface area contributed by atoms with Crippen molar-refractivity contribution in [3.63, 3.8) is 0 Å². The Morgan fingerprint density at radius 3 is 2.76 bits per heavy atom. The van der Waals surface area contributed by atoms with Crippen molar-refractivity contribution in [2.24, 2.45) is 0 Å². The summed E-state index contributed by atoms with van der Waals surface area (Å²) in [5.74, 6) is 0.230. The van der Waals surface area contributed by atoms with Crippen molar-refractivity contribution in [3.05, 3.63) is 0 Å². The van der Waals surface area contributed by atoms with Crippen molar-refractivity contribution in [2.75, 3.05) is 19.7 Å². The molecule has 17 heavy (non-hydrogen) atoms. The molecule has 0 aromatic heterocycles. The summed E-state index contributed by atoms with van der Waals surface area (Å²) >= 11 is 0. The van der Waals surface area contributed by atoms with Gasteiger partial charge in [-0.1, -0.05) is 13.3 Å². The average molecular weight is 240 g/mol. The van der Waals surface area contributed by atoms with E-state index in [-0.39, 0.29) is 18.1 Å². The standard InChI is InChI=1S/C13H24N2O2/c1-2-6-13(7-3-8-14-13)12(17)15(9-10-16)11-4-5-11/h11,14,16H,2-10H2,1H3. The Bertz CT molecular complexity index is 271. The zero-order valence-electron chi connectivity index (χ0n) is 10.7. The van der Waals surface area contributed by atoms with E-state index in [1.54, 1.807) is 0 Å². The molecule has 2 fully saturated rings. The van der Waals surface area contributed by atoms with E-state index in [0.717, 1.165) is 45.1 Å². The molecule has 1 unspecified atom stereocenters. The summed E-state index contributed by atoms with van der Waals surface area (Å²) in [5, 5.41) is 12.5. The van der Waals surface area contributed by atoms with Crippen LogP contribution in [0.2, 0.25) is 0 Å². The van der Waals surface area contributed by atoms with Crippen molar-refractivity contribution in [3.8, 4) is 0 Å². The molecule has 4 nitrogen and oxygen atoms in total. The molecule has 98 valence electrons. The Morgan fingerprint density at radius 1 is 1.53 bits per heavy atom. The van der Waals surface area contributed by atoms with Gasteiger partial charge in [0.25, 0.3) is 0 Å². The minimum absolute atomic E-state index is 0.0739. The Hall–Kier alpha value is -0.610. The van der Waals surface area contributed by atoms with E-state index < -0.39 is 0 Å². The Kier molecular flexibility index (Phi) is 4.05. The van der Waals surface area contributed by atoms with Crippen molar-refractivity contribution in [1.82, 2.24) is 10.2 Å². The summed E-state index contributed by atoms with van der Waals surface area (Å²) < 4.78 is 0. The second-order valence-electron chi connectivity index (χ2n) is 5.32. The first kappa shape index (κ1) is 12.8. The molecule has 1 amide bonds. The lowest BCUT2D eigenvalue weighted by Gasteiger charge is -2.34. The molecule has 0 aromatic carbocycles. The molecule has 0 spiro atoms. The number of nitrogens with zero attached hydrogens (tertiary/aromatic N) is 1. The lowest BCUT2D eigenvalue weighted by molar-refractivity contribution is -0.139. The third-order valence-electron chi connectivity index (χ3n) is 3.92. The first-order valence-electron chi connectivity index (χ1n) is 6.90. The van der Waals surface area contributed by atoms with Crippen LogP contribution in [0.15, 0.2) is 0 Å². The van der Waals surface area contributed by atoms with Gasteiger partial charge in [-0.25, -0.2) is 0 Å². The highest BCUT2D eigenvalue weighted by atomic mass is 16.3. The molecule has 1 saturated carbocycles. The number of hydrogen-bond acceptors (Lipinski definition) is 3. The highest BCUT2D eigenvalue weighted by Crippen LogP contribution is 2.33. The Balaban J connectivity index is 2.08. The molecule has 1 saturated heterocycles. The zero-order chi connectivity index (χ0) is 12.3. The number of hydrogen-bond donors (Lipinski definition) is 2. The molecular weight excluding hydrogens is 216 g/mol. The lowest BCUT2D eigenvalue weighted by Crippen LogP contribution is -2.56. The molecule has 1 heterocycles. The van der Waals surface area contributed by atoms with Crippen molar-refractivity contribution < 1.29 is 9.90 Å². The van der Waals surface area contributed by atoms with Crippen LogP contribution in [0.1, 0.15) is 45.4 Å². The summed E-state index contributed by atoms with van der Waals surface area (Å²) in [6, 6.07) is 0.394. The van der Waals surface area contributed by atoms with Gasteiger partial charge in [0.1, 0.15) is 0 Å². The van der Waals surface area contributed by atoms with Gasteiger partial charge in [0.05, 0.1) is 12.1 Å². The van der Waals surface area contributed by atoms with Crippen molar-refractivity contribution in [1.29, 1.82) is 0 Å². The third kappa shape index (κ3) is 2.63. The lowest BCUT2D eigenvalue weighted by atomic mass is 9.90. The molecule has 1 aliphatic carbocycles. The monoisotopic (exact) mass is 240 g/mol. The molecule has 2 rings (SSSR count). The minimum Gasteiger partial charge on any atom is -0.395 e. The predicted molar refractivity (Wildman–Crippen MR) is 66.7 cm³/mol. The molecule has 4 heteroatoms. The maximum Gasteiger partial charge on any atom is 0.243 e. The van der Waals surface area contributed by atoms with Gasteiger partial charge in [0, 0.05) is 12.6 Å². The summed E-state index contributed by atoms with van der Waals surface area (Å²) in [6.07, 6.45) is 6.19.